The highest BCUT2D eigenvalue weighted by molar-refractivity contribution is 5.85. The highest BCUT2D eigenvalue weighted by atomic mass is 35.5. The topological polar surface area (TPSA) is 43.8 Å². The maximum atomic E-state index is 12.9. The van der Waals surface area contributed by atoms with E-state index in [4.69, 9.17) is 5.73 Å². The molecule has 1 aromatic heterocycles. The van der Waals surface area contributed by atoms with Gasteiger partial charge in [0.05, 0.1) is 16.6 Å². The number of nitrogens with two attached hydrogens (primary N) is 1. The minimum Gasteiger partial charge on any atom is -0.399 e. The standard InChI is InChI=1S/C20H14F3N3.ClH/c21-20(22,23)15-7-8-19-18(11-15)25-12-26(19)17-6-2-4-14(10-17)13-3-1-5-16(24)9-13;/h1-12H,24H2;1H. The number of imidazole rings is 1. The molecule has 27 heavy (non-hydrogen) atoms. The molecule has 0 bridgehead atoms. The minimum absolute atomic E-state index is 0. The molecule has 0 saturated heterocycles. The van der Waals surface area contributed by atoms with Crippen LogP contribution >= 0.6 is 12.4 Å². The average molecular weight is 390 g/mol. The molecule has 0 aliphatic carbocycles. The zero-order valence-electron chi connectivity index (χ0n) is 13.9. The monoisotopic (exact) mass is 389 g/mol. The lowest BCUT2D eigenvalue weighted by molar-refractivity contribution is -0.137. The van der Waals surface area contributed by atoms with Crippen LogP contribution in [0.15, 0.2) is 73.1 Å². The number of halogens is 4. The first-order valence-electron chi connectivity index (χ1n) is 7.92. The van der Waals surface area contributed by atoms with Gasteiger partial charge in [0, 0.05) is 11.4 Å². The molecule has 0 fully saturated rings. The van der Waals surface area contributed by atoms with Crippen molar-refractivity contribution in [3.05, 3.63) is 78.6 Å². The van der Waals surface area contributed by atoms with Gasteiger partial charge in [0.1, 0.15) is 6.33 Å². The highest BCUT2D eigenvalue weighted by Gasteiger charge is 2.30. The van der Waals surface area contributed by atoms with Crippen molar-refractivity contribution in [1.29, 1.82) is 0 Å². The predicted octanol–water partition coefficient (Wildman–Crippen LogP) is 5.72. The largest absolute Gasteiger partial charge is 0.416 e. The van der Waals surface area contributed by atoms with Crippen LogP contribution in [0.4, 0.5) is 18.9 Å². The van der Waals surface area contributed by atoms with E-state index in [9.17, 15) is 13.2 Å². The Morgan fingerprint density at radius 1 is 0.852 bits per heavy atom. The SMILES string of the molecule is Cl.Nc1cccc(-c2cccc(-n3cnc4cc(C(F)(F)F)ccc43)c2)c1. The van der Waals surface area contributed by atoms with E-state index in [2.05, 4.69) is 4.98 Å². The Morgan fingerprint density at radius 3 is 2.26 bits per heavy atom. The molecule has 7 heteroatoms. The van der Waals surface area contributed by atoms with E-state index in [1.807, 2.05) is 48.5 Å². The third-order valence-corrected chi connectivity index (χ3v) is 4.22. The number of hydrogen-bond donors (Lipinski definition) is 1. The van der Waals surface area contributed by atoms with Gasteiger partial charge in [-0.2, -0.15) is 13.2 Å². The zero-order valence-corrected chi connectivity index (χ0v) is 14.8. The Bertz CT molecular complexity index is 1100. The van der Waals surface area contributed by atoms with Crippen LogP contribution in [0.5, 0.6) is 0 Å². The van der Waals surface area contributed by atoms with Crippen molar-refractivity contribution in [3.8, 4) is 16.8 Å². The number of alkyl halides is 3. The summed E-state index contributed by atoms with van der Waals surface area (Å²) in [4.78, 5) is 4.13. The van der Waals surface area contributed by atoms with Crippen molar-refractivity contribution in [1.82, 2.24) is 9.55 Å². The average Bonchev–Trinajstić information content (AvgIpc) is 3.04. The zero-order chi connectivity index (χ0) is 18.3. The second-order valence-corrected chi connectivity index (χ2v) is 5.99. The lowest BCUT2D eigenvalue weighted by Crippen LogP contribution is -2.04. The van der Waals surface area contributed by atoms with E-state index in [0.29, 0.717) is 16.7 Å². The van der Waals surface area contributed by atoms with Crippen molar-refractivity contribution in [3.63, 3.8) is 0 Å². The van der Waals surface area contributed by atoms with Crippen LogP contribution < -0.4 is 5.73 Å². The lowest BCUT2D eigenvalue weighted by Gasteiger charge is -2.09. The Hall–Kier alpha value is -2.99. The van der Waals surface area contributed by atoms with Crippen molar-refractivity contribution in [2.24, 2.45) is 0 Å². The highest BCUT2D eigenvalue weighted by Crippen LogP contribution is 2.32. The molecule has 3 nitrogen and oxygen atoms in total. The summed E-state index contributed by atoms with van der Waals surface area (Å²) in [5, 5.41) is 0. The van der Waals surface area contributed by atoms with Crippen LogP contribution in [0.3, 0.4) is 0 Å². The number of anilines is 1. The predicted molar refractivity (Wildman–Crippen MR) is 103 cm³/mol. The molecule has 4 aromatic rings. The van der Waals surface area contributed by atoms with Gasteiger partial charge in [-0.3, -0.25) is 4.57 Å². The molecule has 0 saturated carbocycles. The van der Waals surface area contributed by atoms with Crippen LogP contribution in [0, 0.1) is 0 Å². The molecule has 0 unspecified atom stereocenters. The number of fused-ring (bicyclic) bond motifs is 1. The normalized spacial score (nSPS) is 11.4. The van der Waals surface area contributed by atoms with E-state index in [-0.39, 0.29) is 12.4 Å². The van der Waals surface area contributed by atoms with Crippen LogP contribution in [0.25, 0.3) is 27.8 Å². The van der Waals surface area contributed by atoms with Gasteiger partial charge in [-0.15, -0.1) is 12.4 Å². The molecular formula is C20H15ClF3N3. The summed E-state index contributed by atoms with van der Waals surface area (Å²) in [6.07, 6.45) is -2.85. The van der Waals surface area contributed by atoms with Crippen molar-refractivity contribution in [2.75, 3.05) is 5.73 Å². The summed E-state index contributed by atoms with van der Waals surface area (Å²) in [5.74, 6) is 0. The Labute approximate surface area is 159 Å². The first kappa shape index (κ1) is 18.8. The third-order valence-electron chi connectivity index (χ3n) is 4.22. The quantitative estimate of drug-likeness (QED) is 0.446. The maximum Gasteiger partial charge on any atom is 0.416 e. The summed E-state index contributed by atoms with van der Waals surface area (Å²) in [6, 6.07) is 18.8. The Balaban J connectivity index is 0.00000210. The van der Waals surface area contributed by atoms with Crippen LogP contribution in [-0.2, 0) is 6.18 Å². The van der Waals surface area contributed by atoms with E-state index < -0.39 is 11.7 Å². The first-order chi connectivity index (χ1) is 12.4. The number of nitrogens with zero attached hydrogens (tertiary/aromatic N) is 2. The van der Waals surface area contributed by atoms with Crippen molar-refractivity contribution >= 4 is 29.1 Å². The van der Waals surface area contributed by atoms with E-state index >= 15 is 0 Å². The molecule has 0 aliphatic heterocycles. The van der Waals surface area contributed by atoms with Gasteiger partial charge in [-0.25, -0.2) is 4.98 Å². The third kappa shape index (κ3) is 3.61. The van der Waals surface area contributed by atoms with Gasteiger partial charge in [0.15, 0.2) is 0 Å². The molecule has 0 aliphatic rings. The Morgan fingerprint density at radius 2 is 1.56 bits per heavy atom. The van der Waals surface area contributed by atoms with Gasteiger partial charge in [0.2, 0.25) is 0 Å². The number of hydrogen-bond acceptors (Lipinski definition) is 2. The lowest BCUT2D eigenvalue weighted by atomic mass is 10.0. The van der Waals surface area contributed by atoms with Gasteiger partial charge in [-0.05, 0) is 53.6 Å². The maximum absolute atomic E-state index is 12.9. The number of aromatic nitrogens is 2. The van der Waals surface area contributed by atoms with Gasteiger partial charge < -0.3 is 5.73 Å². The first-order valence-corrected chi connectivity index (χ1v) is 7.92. The second kappa shape index (κ2) is 6.96. The fourth-order valence-corrected chi connectivity index (χ4v) is 2.95. The van der Waals surface area contributed by atoms with Crippen molar-refractivity contribution in [2.45, 2.75) is 6.18 Å². The fourth-order valence-electron chi connectivity index (χ4n) is 2.95. The molecule has 3 aromatic carbocycles. The molecule has 2 N–H and O–H groups in total. The van der Waals surface area contributed by atoms with Gasteiger partial charge in [-0.1, -0.05) is 24.3 Å². The summed E-state index contributed by atoms with van der Waals surface area (Å²) < 4.78 is 40.4. The van der Waals surface area contributed by atoms with E-state index in [1.54, 1.807) is 4.57 Å². The van der Waals surface area contributed by atoms with E-state index in [0.717, 1.165) is 28.9 Å². The molecular weight excluding hydrogens is 375 g/mol. The number of nitrogen functional groups attached to an aromatic ring is 1. The summed E-state index contributed by atoms with van der Waals surface area (Å²) in [6.45, 7) is 0. The summed E-state index contributed by atoms with van der Waals surface area (Å²) in [5.41, 5.74) is 9.46. The molecule has 0 atom stereocenters. The van der Waals surface area contributed by atoms with Gasteiger partial charge in [0.25, 0.3) is 0 Å². The van der Waals surface area contributed by atoms with Crippen LogP contribution in [0.1, 0.15) is 5.56 Å². The molecule has 0 spiro atoms. The van der Waals surface area contributed by atoms with E-state index in [1.165, 1.54) is 12.4 Å². The fraction of sp³-hybridized carbons (Fsp3) is 0.0500. The molecule has 0 radical (unpaired) electrons. The Kier molecular flexibility index (Phi) is 4.85. The van der Waals surface area contributed by atoms with Crippen LogP contribution in [0.2, 0.25) is 0 Å². The smallest absolute Gasteiger partial charge is 0.399 e. The molecule has 138 valence electrons. The van der Waals surface area contributed by atoms with Crippen molar-refractivity contribution < 1.29 is 13.2 Å². The van der Waals surface area contributed by atoms with Gasteiger partial charge >= 0.3 is 6.18 Å². The summed E-state index contributed by atoms with van der Waals surface area (Å²) >= 11 is 0. The number of benzene rings is 3. The minimum atomic E-state index is -4.38. The summed E-state index contributed by atoms with van der Waals surface area (Å²) in [7, 11) is 0. The number of rotatable bonds is 2. The molecule has 0 amide bonds. The van der Waals surface area contributed by atoms with Crippen LogP contribution in [-0.4, -0.2) is 9.55 Å². The second-order valence-electron chi connectivity index (χ2n) is 5.99. The molecule has 1 heterocycles. The molecule has 4 rings (SSSR count).